The van der Waals surface area contributed by atoms with Crippen LogP contribution in [0.5, 0.6) is 5.75 Å². The van der Waals surface area contributed by atoms with E-state index < -0.39 is 5.92 Å². The van der Waals surface area contributed by atoms with E-state index in [-0.39, 0.29) is 24.1 Å². The maximum Gasteiger partial charge on any atom is 0.231 e. The number of ether oxygens (including phenoxy) is 1. The second-order valence-electron chi connectivity index (χ2n) is 7.19. The van der Waals surface area contributed by atoms with Crippen molar-refractivity contribution < 1.29 is 18.7 Å². The lowest BCUT2D eigenvalue weighted by Gasteiger charge is -2.16. The number of hydrogen-bond donors (Lipinski definition) is 1. The van der Waals surface area contributed by atoms with Gasteiger partial charge in [0.25, 0.3) is 0 Å². The highest BCUT2D eigenvalue weighted by Crippen LogP contribution is 2.30. The van der Waals surface area contributed by atoms with Gasteiger partial charge < -0.3 is 15.0 Å². The van der Waals surface area contributed by atoms with Gasteiger partial charge in [-0.05, 0) is 49.2 Å². The molecular formula is C22H22FN3O3S. The van der Waals surface area contributed by atoms with Gasteiger partial charge in [0.2, 0.25) is 11.8 Å². The molecule has 0 saturated carbocycles. The van der Waals surface area contributed by atoms with Crippen LogP contribution in [0.1, 0.15) is 18.9 Å². The number of halogens is 1. The Morgan fingerprint density at radius 3 is 2.87 bits per heavy atom. The van der Waals surface area contributed by atoms with Gasteiger partial charge in [0.15, 0.2) is 5.13 Å². The lowest BCUT2D eigenvalue weighted by molar-refractivity contribution is -0.128. The van der Waals surface area contributed by atoms with Crippen LogP contribution >= 0.6 is 11.3 Å². The number of aromatic nitrogens is 1. The molecule has 1 fully saturated rings. The Labute approximate surface area is 177 Å². The third kappa shape index (κ3) is 4.59. The molecule has 30 heavy (non-hydrogen) atoms. The van der Waals surface area contributed by atoms with Crippen molar-refractivity contribution in [2.24, 2.45) is 5.92 Å². The molecule has 1 aromatic heterocycles. The molecule has 4 rings (SSSR count). The van der Waals surface area contributed by atoms with E-state index in [9.17, 15) is 14.0 Å². The fraction of sp³-hybridized carbons (Fsp3) is 0.318. The van der Waals surface area contributed by atoms with Gasteiger partial charge in [0, 0.05) is 19.5 Å². The summed E-state index contributed by atoms with van der Waals surface area (Å²) in [6, 6.07) is 11.9. The summed E-state index contributed by atoms with van der Waals surface area (Å²) in [6.07, 6.45) is 0.815. The number of nitrogens with zero attached hydrogens (tertiary/aromatic N) is 2. The molecule has 0 aliphatic carbocycles. The number of likely N-dealkylation sites (tertiary alicyclic amines) is 1. The average molecular weight is 428 g/mol. The van der Waals surface area contributed by atoms with Crippen molar-refractivity contribution >= 4 is 38.5 Å². The second kappa shape index (κ2) is 8.79. The Morgan fingerprint density at radius 1 is 1.30 bits per heavy atom. The van der Waals surface area contributed by atoms with Crippen LogP contribution in [0.25, 0.3) is 10.2 Å². The normalized spacial score (nSPS) is 16.3. The van der Waals surface area contributed by atoms with Crippen LogP contribution in [-0.4, -0.2) is 41.4 Å². The first-order valence-electron chi connectivity index (χ1n) is 9.88. The number of nitrogens with one attached hydrogen (secondary N) is 1. The first kappa shape index (κ1) is 20.3. The van der Waals surface area contributed by atoms with Gasteiger partial charge >= 0.3 is 0 Å². The topological polar surface area (TPSA) is 71.5 Å². The number of fused-ring (bicyclic) bond motifs is 1. The van der Waals surface area contributed by atoms with E-state index in [0.717, 1.165) is 21.5 Å². The van der Waals surface area contributed by atoms with Crippen LogP contribution in [0.2, 0.25) is 0 Å². The van der Waals surface area contributed by atoms with Crippen molar-refractivity contribution in [3.05, 3.63) is 53.8 Å². The molecule has 156 valence electrons. The number of thiazole rings is 1. The van der Waals surface area contributed by atoms with Crippen LogP contribution in [0.4, 0.5) is 9.52 Å². The molecule has 1 saturated heterocycles. The Morgan fingerprint density at radius 2 is 2.10 bits per heavy atom. The Balaban J connectivity index is 1.35. The number of anilines is 1. The van der Waals surface area contributed by atoms with E-state index in [1.165, 1.54) is 23.5 Å². The maximum atomic E-state index is 13.0. The summed E-state index contributed by atoms with van der Waals surface area (Å²) in [5.74, 6) is -0.155. The summed E-state index contributed by atoms with van der Waals surface area (Å²) >= 11 is 1.38. The predicted molar refractivity (Wildman–Crippen MR) is 114 cm³/mol. The number of hydrogen-bond acceptors (Lipinski definition) is 5. The molecule has 1 aliphatic heterocycles. The molecule has 1 N–H and O–H groups in total. The standard InChI is InChI=1S/C22H22FN3O3S/c1-2-29-17-7-8-18-19(12-17)30-22(24-18)25-21(28)15-11-20(27)26(13-15)10-9-14-3-5-16(23)6-4-14/h3-8,12,15H,2,9-11,13H2,1H3,(H,24,25,28). The van der Waals surface area contributed by atoms with Crippen LogP contribution in [0, 0.1) is 11.7 Å². The number of rotatable bonds is 7. The summed E-state index contributed by atoms with van der Waals surface area (Å²) in [7, 11) is 0. The first-order chi connectivity index (χ1) is 14.5. The quantitative estimate of drug-likeness (QED) is 0.622. The Kier molecular flexibility index (Phi) is 5.94. The van der Waals surface area contributed by atoms with Gasteiger partial charge in [-0.1, -0.05) is 23.5 Å². The lowest BCUT2D eigenvalue weighted by Crippen LogP contribution is -2.30. The fourth-order valence-electron chi connectivity index (χ4n) is 3.50. The molecule has 2 amide bonds. The van der Waals surface area contributed by atoms with Crippen molar-refractivity contribution in [1.82, 2.24) is 9.88 Å². The molecule has 1 atom stereocenters. The minimum Gasteiger partial charge on any atom is -0.494 e. The summed E-state index contributed by atoms with van der Waals surface area (Å²) in [4.78, 5) is 31.1. The largest absolute Gasteiger partial charge is 0.494 e. The van der Waals surface area contributed by atoms with Crippen molar-refractivity contribution in [3.8, 4) is 5.75 Å². The lowest BCUT2D eigenvalue weighted by atomic mass is 10.1. The van der Waals surface area contributed by atoms with Crippen molar-refractivity contribution in [3.63, 3.8) is 0 Å². The van der Waals surface area contributed by atoms with Gasteiger partial charge in [-0.3, -0.25) is 9.59 Å². The van der Waals surface area contributed by atoms with E-state index in [0.29, 0.717) is 31.2 Å². The van der Waals surface area contributed by atoms with Crippen molar-refractivity contribution in [2.45, 2.75) is 19.8 Å². The highest BCUT2D eigenvalue weighted by molar-refractivity contribution is 7.22. The van der Waals surface area contributed by atoms with Crippen LogP contribution < -0.4 is 10.1 Å². The van der Waals surface area contributed by atoms with Gasteiger partial charge in [0.05, 0.1) is 22.7 Å². The predicted octanol–water partition coefficient (Wildman–Crippen LogP) is 3.86. The minimum atomic E-state index is -0.406. The average Bonchev–Trinajstić information content (AvgIpc) is 3.30. The molecule has 6 nitrogen and oxygen atoms in total. The highest BCUT2D eigenvalue weighted by Gasteiger charge is 2.34. The van der Waals surface area contributed by atoms with Crippen LogP contribution in [0.15, 0.2) is 42.5 Å². The molecule has 1 aliphatic rings. The first-order valence-corrected chi connectivity index (χ1v) is 10.7. The zero-order chi connectivity index (χ0) is 21.1. The number of carbonyl (C=O) groups is 2. The summed E-state index contributed by atoms with van der Waals surface area (Å²) < 4.78 is 19.4. The molecule has 3 aromatic rings. The molecule has 8 heteroatoms. The summed E-state index contributed by atoms with van der Waals surface area (Å²) in [5.41, 5.74) is 1.75. The van der Waals surface area contributed by atoms with Crippen LogP contribution in [-0.2, 0) is 16.0 Å². The number of carbonyl (C=O) groups excluding carboxylic acids is 2. The smallest absolute Gasteiger partial charge is 0.231 e. The summed E-state index contributed by atoms with van der Waals surface area (Å²) in [5, 5.41) is 3.37. The molecule has 0 bridgehead atoms. The molecule has 0 radical (unpaired) electrons. The zero-order valence-electron chi connectivity index (χ0n) is 16.6. The third-order valence-electron chi connectivity index (χ3n) is 5.07. The SMILES string of the molecule is CCOc1ccc2nc(NC(=O)C3CC(=O)N(CCc4ccc(F)cc4)C3)sc2c1. The number of benzene rings is 2. The molecule has 1 unspecified atom stereocenters. The third-order valence-corrected chi connectivity index (χ3v) is 6.00. The number of amides is 2. The highest BCUT2D eigenvalue weighted by atomic mass is 32.1. The maximum absolute atomic E-state index is 13.0. The Bertz CT molecular complexity index is 1070. The van der Waals surface area contributed by atoms with E-state index >= 15 is 0 Å². The molecule has 2 heterocycles. The van der Waals surface area contributed by atoms with Crippen molar-refractivity contribution in [1.29, 1.82) is 0 Å². The van der Waals surface area contributed by atoms with E-state index in [1.807, 2.05) is 25.1 Å². The zero-order valence-corrected chi connectivity index (χ0v) is 17.4. The van der Waals surface area contributed by atoms with Gasteiger partial charge in [-0.25, -0.2) is 9.37 Å². The van der Waals surface area contributed by atoms with E-state index in [4.69, 9.17) is 4.74 Å². The minimum absolute atomic E-state index is 0.0390. The van der Waals surface area contributed by atoms with E-state index in [1.54, 1.807) is 17.0 Å². The Hall–Kier alpha value is -3.00. The van der Waals surface area contributed by atoms with Crippen molar-refractivity contribution in [2.75, 3.05) is 25.0 Å². The molecular weight excluding hydrogens is 405 g/mol. The van der Waals surface area contributed by atoms with Gasteiger partial charge in [-0.15, -0.1) is 0 Å². The van der Waals surface area contributed by atoms with Gasteiger partial charge in [-0.2, -0.15) is 0 Å². The summed E-state index contributed by atoms with van der Waals surface area (Å²) in [6.45, 7) is 3.40. The van der Waals surface area contributed by atoms with E-state index in [2.05, 4.69) is 10.3 Å². The molecule has 0 spiro atoms. The molecule has 2 aromatic carbocycles. The van der Waals surface area contributed by atoms with Crippen LogP contribution in [0.3, 0.4) is 0 Å². The fourth-order valence-corrected chi connectivity index (χ4v) is 4.40. The monoisotopic (exact) mass is 427 g/mol. The van der Waals surface area contributed by atoms with Gasteiger partial charge in [0.1, 0.15) is 11.6 Å². The second-order valence-corrected chi connectivity index (χ2v) is 8.22.